The summed E-state index contributed by atoms with van der Waals surface area (Å²) in [4.78, 5) is 66.3. The molecule has 2 aliphatic heterocycles. The molecule has 2 aromatic heterocycles. The minimum atomic E-state index is -0.595. The standard InChI is InChI=1S/C43H54N6O7/c1-46(24-34-36(55-4)22-29(23-37(34)56-5)32-25-48(3)43(54)40-30(32)19-21-47(40)2)27-39(51)44-20-12-10-8-6-7-9-11-14-28-15-13-16-31-33(28)26-49(42(31)53)35-17-18-38(50)45-41(35)52/h13,15-16,19,21-23,25,35H,6-12,14,17-18,20,24,26-27H2,1-5H3,(H,44,51)(H,45,50,52). The Labute approximate surface area is 327 Å². The first-order valence-corrected chi connectivity index (χ1v) is 19.6. The Morgan fingerprint density at radius 3 is 2.30 bits per heavy atom. The lowest BCUT2D eigenvalue weighted by atomic mass is 9.98. The summed E-state index contributed by atoms with van der Waals surface area (Å²) < 4.78 is 15.1. The van der Waals surface area contributed by atoms with E-state index in [1.807, 2.05) is 66.3 Å². The average molecular weight is 767 g/mol. The number of hydrogen-bond acceptors (Lipinski definition) is 8. The van der Waals surface area contributed by atoms with Crippen LogP contribution in [0.4, 0.5) is 0 Å². The molecule has 2 aliphatic rings. The number of aryl methyl sites for hydroxylation is 3. The quantitative estimate of drug-likeness (QED) is 0.108. The third-order valence-electron chi connectivity index (χ3n) is 11.1. The zero-order chi connectivity index (χ0) is 39.9. The summed E-state index contributed by atoms with van der Waals surface area (Å²) in [5.41, 5.74) is 6.00. The van der Waals surface area contributed by atoms with Crippen LogP contribution >= 0.6 is 0 Å². The lowest BCUT2D eigenvalue weighted by molar-refractivity contribution is -0.137. The second-order valence-corrected chi connectivity index (χ2v) is 15.1. The number of nitrogens with zero attached hydrogens (tertiary/aromatic N) is 4. The molecule has 4 aromatic rings. The van der Waals surface area contributed by atoms with E-state index in [0.29, 0.717) is 48.6 Å². The highest BCUT2D eigenvalue weighted by atomic mass is 16.5. The molecular formula is C43H54N6O7. The highest BCUT2D eigenvalue weighted by molar-refractivity contribution is 6.05. The summed E-state index contributed by atoms with van der Waals surface area (Å²) in [5, 5.41) is 6.28. The Hall–Kier alpha value is -5.43. The molecule has 0 bridgehead atoms. The van der Waals surface area contributed by atoms with Gasteiger partial charge in [0.1, 0.15) is 23.1 Å². The number of likely N-dealkylation sites (N-methyl/N-ethyl adjacent to an activating group) is 1. The number of methoxy groups -OCH3 is 2. The van der Waals surface area contributed by atoms with Gasteiger partial charge in [-0.2, -0.15) is 0 Å². The Kier molecular flexibility index (Phi) is 12.9. The van der Waals surface area contributed by atoms with Crippen LogP contribution in [0.3, 0.4) is 0 Å². The number of piperidine rings is 1. The van der Waals surface area contributed by atoms with E-state index in [1.54, 1.807) is 30.7 Å². The molecule has 0 aliphatic carbocycles. The molecule has 0 radical (unpaired) electrons. The van der Waals surface area contributed by atoms with E-state index >= 15 is 0 Å². The topological polar surface area (TPSA) is 144 Å². The van der Waals surface area contributed by atoms with Crippen LogP contribution in [-0.4, -0.2) is 83.0 Å². The van der Waals surface area contributed by atoms with Gasteiger partial charge in [-0.1, -0.05) is 44.2 Å². The number of carbonyl (C=O) groups is 4. The van der Waals surface area contributed by atoms with Gasteiger partial charge in [-0.25, -0.2) is 0 Å². The van der Waals surface area contributed by atoms with Gasteiger partial charge in [0, 0.05) is 69.1 Å². The number of unbranched alkanes of at least 4 members (excludes halogenated alkanes) is 6. The molecule has 1 fully saturated rings. The van der Waals surface area contributed by atoms with E-state index in [9.17, 15) is 24.0 Å². The molecule has 2 aromatic carbocycles. The van der Waals surface area contributed by atoms with Crippen molar-refractivity contribution in [2.75, 3.05) is 34.4 Å². The summed E-state index contributed by atoms with van der Waals surface area (Å²) >= 11 is 0. The van der Waals surface area contributed by atoms with Crippen LogP contribution in [0.15, 0.2) is 53.6 Å². The fourth-order valence-electron chi connectivity index (χ4n) is 8.09. The Morgan fingerprint density at radius 1 is 0.911 bits per heavy atom. The van der Waals surface area contributed by atoms with Crippen molar-refractivity contribution in [2.45, 2.75) is 83.3 Å². The molecule has 4 heterocycles. The Balaban J connectivity index is 0.891. The molecule has 1 unspecified atom stereocenters. The van der Waals surface area contributed by atoms with Crippen LogP contribution in [-0.2, 0) is 48.0 Å². The van der Waals surface area contributed by atoms with Crippen molar-refractivity contribution in [2.24, 2.45) is 14.1 Å². The molecule has 1 saturated heterocycles. The normalized spacial score (nSPS) is 15.4. The van der Waals surface area contributed by atoms with Crippen molar-refractivity contribution in [3.8, 4) is 22.6 Å². The molecular weight excluding hydrogens is 713 g/mol. The second kappa shape index (κ2) is 18.0. The van der Waals surface area contributed by atoms with Crippen molar-refractivity contribution < 1.29 is 28.7 Å². The second-order valence-electron chi connectivity index (χ2n) is 15.1. The minimum absolute atomic E-state index is 0.0342. The van der Waals surface area contributed by atoms with Gasteiger partial charge in [0.05, 0.1) is 26.3 Å². The van der Waals surface area contributed by atoms with E-state index in [-0.39, 0.29) is 42.2 Å². The van der Waals surface area contributed by atoms with Gasteiger partial charge < -0.3 is 28.8 Å². The fourth-order valence-corrected chi connectivity index (χ4v) is 8.09. The Bertz CT molecular complexity index is 2150. The number of nitrogens with one attached hydrogen (secondary N) is 2. The predicted octanol–water partition coefficient (Wildman–Crippen LogP) is 4.84. The highest BCUT2D eigenvalue weighted by Crippen LogP contribution is 2.38. The van der Waals surface area contributed by atoms with Crippen LogP contribution in [0.25, 0.3) is 22.0 Å². The smallest absolute Gasteiger partial charge is 0.274 e. The van der Waals surface area contributed by atoms with Crippen molar-refractivity contribution in [3.63, 3.8) is 0 Å². The van der Waals surface area contributed by atoms with Crippen LogP contribution in [0.1, 0.15) is 84.8 Å². The number of amides is 4. The van der Waals surface area contributed by atoms with Crippen molar-refractivity contribution in [3.05, 3.63) is 81.4 Å². The number of benzene rings is 2. The maximum atomic E-state index is 13.1. The number of ether oxygens (including phenoxy) is 2. The number of aromatic nitrogens is 2. The summed E-state index contributed by atoms with van der Waals surface area (Å²) in [5.74, 6) is 0.457. The first-order chi connectivity index (χ1) is 27.0. The molecule has 6 rings (SSSR count). The first kappa shape index (κ1) is 40.2. The number of rotatable bonds is 18. The first-order valence-electron chi connectivity index (χ1n) is 19.6. The van der Waals surface area contributed by atoms with Gasteiger partial charge in [-0.3, -0.25) is 34.2 Å². The maximum absolute atomic E-state index is 13.1. The maximum Gasteiger partial charge on any atom is 0.274 e. The van der Waals surface area contributed by atoms with Gasteiger partial charge in [0.15, 0.2) is 0 Å². The zero-order valence-corrected chi connectivity index (χ0v) is 33.2. The number of imide groups is 1. The highest BCUT2D eigenvalue weighted by Gasteiger charge is 2.39. The number of carbonyl (C=O) groups excluding carboxylic acids is 4. The number of hydrogen-bond donors (Lipinski definition) is 2. The van der Waals surface area contributed by atoms with Crippen LogP contribution in [0, 0.1) is 0 Å². The molecule has 13 heteroatoms. The summed E-state index contributed by atoms with van der Waals surface area (Å²) in [6, 6.07) is 11.1. The van der Waals surface area contributed by atoms with Crippen molar-refractivity contribution in [1.82, 2.24) is 29.6 Å². The molecule has 0 spiro atoms. The Morgan fingerprint density at radius 2 is 1.61 bits per heavy atom. The van der Waals surface area contributed by atoms with Crippen LogP contribution in [0.5, 0.6) is 11.5 Å². The van der Waals surface area contributed by atoms with E-state index in [0.717, 1.165) is 84.6 Å². The monoisotopic (exact) mass is 766 g/mol. The van der Waals surface area contributed by atoms with Crippen molar-refractivity contribution in [1.29, 1.82) is 0 Å². The number of fused-ring (bicyclic) bond motifs is 2. The largest absolute Gasteiger partial charge is 0.496 e. The van der Waals surface area contributed by atoms with E-state index in [2.05, 4.69) is 16.7 Å². The summed E-state index contributed by atoms with van der Waals surface area (Å²) in [6.07, 6.45) is 12.7. The molecule has 0 saturated carbocycles. The predicted molar refractivity (Wildman–Crippen MR) is 215 cm³/mol. The average Bonchev–Trinajstić information content (AvgIpc) is 3.73. The molecule has 2 N–H and O–H groups in total. The van der Waals surface area contributed by atoms with Crippen molar-refractivity contribution >= 4 is 34.5 Å². The minimum Gasteiger partial charge on any atom is -0.496 e. The number of pyridine rings is 1. The summed E-state index contributed by atoms with van der Waals surface area (Å²) in [6.45, 7) is 1.72. The third-order valence-corrected chi connectivity index (χ3v) is 11.1. The van der Waals surface area contributed by atoms with E-state index in [4.69, 9.17) is 9.47 Å². The third kappa shape index (κ3) is 8.83. The van der Waals surface area contributed by atoms with Gasteiger partial charge in [-0.05, 0) is 73.7 Å². The van der Waals surface area contributed by atoms with Gasteiger partial charge in [0.2, 0.25) is 17.7 Å². The fraction of sp³-hybridized carbons (Fsp3) is 0.465. The molecule has 56 heavy (non-hydrogen) atoms. The van der Waals surface area contributed by atoms with E-state index < -0.39 is 6.04 Å². The molecule has 298 valence electrons. The molecule has 4 amide bonds. The molecule has 1 atom stereocenters. The van der Waals surface area contributed by atoms with Crippen LogP contribution < -0.4 is 25.7 Å². The van der Waals surface area contributed by atoms with Gasteiger partial charge in [0.25, 0.3) is 11.5 Å². The molecule has 13 nitrogen and oxygen atoms in total. The lowest BCUT2D eigenvalue weighted by Gasteiger charge is -2.29. The summed E-state index contributed by atoms with van der Waals surface area (Å²) in [7, 11) is 8.75. The van der Waals surface area contributed by atoms with Gasteiger partial charge in [-0.15, -0.1) is 0 Å². The van der Waals surface area contributed by atoms with Gasteiger partial charge >= 0.3 is 0 Å². The lowest BCUT2D eigenvalue weighted by Crippen LogP contribution is -2.52. The van der Waals surface area contributed by atoms with Crippen LogP contribution in [0.2, 0.25) is 0 Å². The van der Waals surface area contributed by atoms with E-state index in [1.165, 1.54) is 0 Å². The SMILES string of the molecule is COc1cc(-c2cn(C)c(=O)c3c2ccn3C)cc(OC)c1CN(C)CC(=O)NCCCCCCCCCc1cccc2c1CN(C1CCC(=O)NC1=O)C2=O. The zero-order valence-electron chi connectivity index (χ0n) is 33.2.